The molecule has 1 saturated heterocycles. The summed E-state index contributed by atoms with van der Waals surface area (Å²) in [6.07, 6.45) is 0. The van der Waals surface area contributed by atoms with Crippen molar-refractivity contribution in [3.8, 4) is 17.2 Å². The molecule has 170 valence electrons. The third-order valence-corrected chi connectivity index (χ3v) is 5.83. The van der Waals surface area contributed by atoms with Gasteiger partial charge in [-0.15, -0.1) is 0 Å². The second kappa shape index (κ2) is 8.73. The summed E-state index contributed by atoms with van der Waals surface area (Å²) in [5.41, 5.74) is 2.73. The van der Waals surface area contributed by atoms with Crippen LogP contribution < -0.4 is 14.2 Å². The number of fused-ring (bicyclic) bond motifs is 1. The molecule has 0 saturated carbocycles. The van der Waals surface area contributed by atoms with E-state index in [1.54, 1.807) is 28.0 Å². The summed E-state index contributed by atoms with van der Waals surface area (Å²) in [5, 5.41) is 0. The maximum absolute atomic E-state index is 12.8. The zero-order chi connectivity index (χ0) is 22.9. The van der Waals surface area contributed by atoms with Gasteiger partial charge in [0.2, 0.25) is 6.79 Å². The van der Waals surface area contributed by atoms with Gasteiger partial charge >= 0.3 is 0 Å². The zero-order valence-electron chi connectivity index (χ0n) is 19.1. The number of rotatable bonds is 4. The number of ether oxygens (including phenoxy) is 3. The van der Waals surface area contributed by atoms with Gasteiger partial charge in [-0.3, -0.25) is 9.59 Å². The number of carbonyl (C=O) groups excluding carboxylic acids is 2. The number of carbonyl (C=O) groups is 2. The van der Waals surface area contributed by atoms with Crippen molar-refractivity contribution in [2.75, 3.05) is 39.6 Å². The van der Waals surface area contributed by atoms with Crippen LogP contribution in [0.2, 0.25) is 0 Å². The highest BCUT2D eigenvalue weighted by atomic mass is 16.7. The molecule has 2 aliphatic rings. The Morgan fingerprint density at radius 2 is 1.62 bits per heavy atom. The molecule has 2 aromatic rings. The van der Waals surface area contributed by atoms with Gasteiger partial charge in [0.15, 0.2) is 18.1 Å². The second-order valence-corrected chi connectivity index (χ2v) is 9.28. The smallest absolute Gasteiger partial charge is 0.260 e. The molecule has 2 amide bonds. The molecular formula is C25H30N2O5. The fourth-order valence-electron chi connectivity index (χ4n) is 3.96. The van der Waals surface area contributed by atoms with Crippen LogP contribution in [0.4, 0.5) is 0 Å². The quantitative estimate of drug-likeness (QED) is 0.732. The van der Waals surface area contributed by atoms with E-state index < -0.39 is 0 Å². The number of amides is 2. The number of hydrogen-bond donors (Lipinski definition) is 0. The Labute approximate surface area is 188 Å². The molecule has 0 atom stereocenters. The van der Waals surface area contributed by atoms with E-state index in [1.165, 1.54) is 0 Å². The number of aryl methyl sites for hydroxylation is 1. The molecule has 2 heterocycles. The minimum Gasteiger partial charge on any atom is -0.483 e. The lowest BCUT2D eigenvalue weighted by molar-refractivity contribution is -0.134. The first-order valence-corrected chi connectivity index (χ1v) is 10.9. The standard InChI is InChI=1S/C25H30N2O5/c1-17-5-7-20(19(13-17)25(2,3)4)30-15-23(28)26-9-11-27(12-10-26)24(29)18-6-8-21-22(14-18)32-16-31-21/h5-8,13-14H,9-12,15-16H2,1-4H3. The highest BCUT2D eigenvalue weighted by Crippen LogP contribution is 2.33. The van der Waals surface area contributed by atoms with Crippen LogP contribution in [0.15, 0.2) is 36.4 Å². The van der Waals surface area contributed by atoms with E-state index >= 15 is 0 Å². The van der Waals surface area contributed by atoms with Crippen molar-refractivity contribution in [1.82, 2.24) is 9.80 Å². The van der Waals surface area contributed by atoms with E-state index in [4.69, 9.17) is 14.2 Å². The van der Waals surface area contributed by atoms with Gasteiger partial charge in [0.25, 0.3) is 11.8 Å². The van der Waals surface area contributed by atoms with Crippen molar-refractivity contribution in [3.63, 3.8) is 0 Å². The summed E-state index contributed by atoms with van der Waals surface area (Å²) >= 11 is 0. The monoisotopic (exact) mass is 438 g/mol. The molecule has 0 aromatic heterocycles. The zero-order valence-corrected chi connectivity index (χ0v) is 19.1. The van der Waals surface area contributed by atoms with Crippen LogP contribution in [0, 0.1) is 6.92 Å². The Morgan fingerprint density at radius 3 is 2.34 bits per heavy atom. The fraction of sp³-hybridized carbons (Fsp3) is 0.440. The van der Waals surface area contributed by atoms with Crippen molar-refractivity contribution < 1.29 is 23.8 Å². The van der Waals surface area contributed by atoms with Crippen molar-refractivity contribution in [2.24, 2.45) is 0 Å². The topological polar surface area (TPSA) is 68.3 Å². The molecule has 0 aliphatic carbocycles. The molecule has 0 spiro atoms. The highest BCUT2D eigenvalue weighted by molar-refractivity contribution is 5.95. The lowest BCUT2D eigenvalue weighted by atomic mass is 9.85. The highest BCUT2D eigenvalue weighted by Gasteiger charge is 2.27. The lowest BCUT2D eigenvalue weighted by Gasteiger charge is -2.35. The predicted molar refractivity (Wildman–Crippen MR) is 120 cm³/mol. The molecule has 0 radical (unpaired) electrons. The molecule has 2 aromatic carbocycles. The molecule has 32 heavy (non-hydrogen) atoms. The molecule has 7 nitrogen and oxygen atoms in total. The Balaban J connectivity index is 1.32. The average molecular weight is 439 g/mol. The maximum Gasteiger partial charge on any atom is 0.260 e. The first kappa shape index (κ1) is 22.0. The number of piperazine rings is 1. The SMILES string of the molecule is Cc1ccc(OCC(=O)N2CCN(C(=O)c3ccc4c(c3)OCO4)CC2)c(C(C)(C)C)c1. The van der Waals surface area contributed by atoms with Crippen LogP contribution >= 0.6 is 0 Å². The van der Waals surface area contributed by atoms with Gasteiger partial charge in [0.05, 0.1) is 0 Å². The van der Waals surface area contributed by atoms with Gasteiger partial charge in [0.1, 0.15) is 5.75 Å². The maximum atomic E-state index is 12.8. The second-order valence-electron chi connectivity index (χ2n) is 9.28. The minimum atomic E-state index is -0.0783. The van der Waals surface area contributed by atoms with Gasteiger partial charge < -0.3 is 24.0 Å². The molecular weight excluding hydrogens is 408 g/mol. The van der Waals surface area contributed by atoms with E-state index in [1.807, 2.05) is 12.1 Å². The Morgan fingerprint density at radius 1 is 0.938 bits per heavy atom. The van der Waals surface area contributed by atoms with Crippen LogP contribution in [-0.2, 0) is 10.2 Å². The Bertz CT molecular complexity index is 1020. The molecule has 0 N–H and O–H groups in total. The van der Waals surface area contributed by atoms with Crippen LogP contribution in [0.5, 0.6) is 17.2 Å². The van der Waals surface area contributed by atoms with Crippen molar-refractivity contribution >= 4 is 11.8 Å². The van der Waals surface area contributed by atoms with Gasteiger partial charge in [0, 0.05) is 31.7 Å². The van der Waals surface area contributed by atoms with E-state index in [0.29, 0.717) is 43.2 Å². The average Bonchev–Trinajstić information content (AvgIpc) is 3.25. The van der Waals surface area contributed by atoms with Crippen molar-refractivity contribution in [2.45, 2.75) is 33.1 Å². The summed E-state index contributed by atoms with van der Waals surface area (Å²) in [4.78, 5) is 29.1. The van der Waals surface area contributed by atoms with E-state index in [2.05, 4.69) is 33.8 Å². The van der Waals surface area contributed by atoms with Crippen LogP contribution in [0.1, 0.15) is 42.3 Å². The number of hydrogen-bond acceptors (Lipinski definition) is 5. The summed E-state index contributed by atoms with van der Waals surface area (Å²) in [6, 6.07) is 11.3. The summed E-state index contributed by atoms with van der Waals surface area (Å²) in [5.74, 6) is 1.85. The summed E-state index contributed by atoms with van der Waals surface area (Å²) in [6.45, 7) is 10.5. The molecule has 1 fully saturated rings. The first-order valence-electron chi connectivity index (χ1n) is 10.9. The van der Waals surface area contributed by atoms with Crippen molar-refractivity contribution in [3.05, 3.63) is 53.1 Å². The van der Waals surface area contributed by atoms with Crippen LogP contribution in [0.3, 0.4) is 0 Å². The molecule has 7 heteroatoms. The molecule has 0 bridgehead atoms. The molecule has 2 aliphatic heterocycles. The Hall–Kier alpha value is -3.22. The third kappa shape index (κ3) is 4.66. The van der Waals surface area contributed by atoms with Gasteiger partial charge in [-0.05, 0) is 42.2 Å². The van der Waals surface area contributed by atoms with Gasteiger partial charge in [-0.2, -0.15) is 0 Å². The van der Waals surface area contributed by atoms with Gasteiger partial charge in [-0.1, -0.05) is 38.5 Å². The van der Waals surface area contributed by atoms with Crippen molar-refractivity contribution in [1.29, 1.82) is 0 Å². The predicted octanol–water partition coefficient (Wildman–Crippen LogP) is 3.38. The lowest BCUT2D eigenvalue weighted by Crippen LogP contribution is -2.51. The number of nitrogens with zero attached hydrogens (tertiary/aromatic N) is 2. The number of benzene rings is 2. The van der Waals surface area contributed by atoms with E-state index in [0.717, 1.165) is 16.9 Å². The van der Waals surface area contributed by atoms with E-state index in [-0.39, 0.29) is 30.6 Å². The minimum absolute atomic E-state index is 0.0117. The summed E-state index contributed by atoms with van der Waals surface area (Å²) in [7, 11) is 0. The van der Waals surface area contributed by atoms with Gasteiger partial charge in [-0.25, -0.2) is 0 Å². The Kier molecular flexibility index (Phi) is 6.00. The van der Waals surface area contributed by atoms with Crippen LogP contribution in [-0.4, -0.2) is 61.2 Å². The summed E-state index contributed by atoms with van der Waals surface area (Å²) < 4.78 is 16.6. The van der Waals surface area contributed by atoms with Crippen LogP contribution in [0.25, 0.3) is 0 Å². The molecule has 4 rings (SSSR count). The normalized spacial score (nSPS) is 15.6. The third-order valence-electron chi connectivity index (χ3n) is 5.83. The largest absolute Gasteiger partial charge is 0.483 e. The molecule has 0 unspecified atom stereocenters. The van der Waals surface area contributed by atoms with E-state index in [9.17, 15) is 9.59 Å². The first-order chi connectivity index (χ1) is 15.2. The fourth-order valence-corrected chi connectivity index (χ4v) is 3.96.